The molecule has 0 bridgehead atoms. The Balaban J connectivity index is 1.66. The van der Waals surface area contributed by atoms with Crippen LogP contribution in [-0.4, -0.2) is 44.9 Å². The highest BCUT2D eigenvalue weighted by Gasteiger charge is 2.31. The average molecular weight is 446 g/mol. The number of carbonyl (C=O) groups excluding carboxylic acids is 2. The number of benzene rings is 2. The van der Waals surface area contributed by atoms with Crippen LogP contribution < -0.4 is 10.6 Å². The van der Waals surface area contributed by atoms with Crippen LogP contribution in [0.15, 0.2) is 53.4 Å². The summed E-state index contributed by atoms with van der Waals surface area (Å²) < 4.78 is 32.0. The van der Waals surface area contributed by atoms with Gasteiger partial charge in [-0.2, -0.15) is 4.31 Å². The molecule has 2 atom stereocenters. The van der Waals surface area contributed by atoms with Gasteiger partial charge in [0, 0.05) is 30.0 Å². The predicted octanol–water partition coefficient (Wildman–Crippen LogP) is 3.78. The Morgan fingerprint density at radius 2 is 1.42 bits per heavy atom. The van der Waals surface area contributed by atoms with E-state index in [0.29, 0.717) is 41.9 Å². The van der Waals surface area contributed by atoms with E-state index in [0.717, 1.165) is 6.42 Å². The number of nitrogens with zero attached hydrogens (tertiary/aromatic N) is 1. The second-order valence-electron chi connectivity index (χ2n) is 7.94. The predicted molar refractivity (Wildman–Crippen MR) is 119 cm³/mol. The summed E-state index contributed by atoms with van der Waals surface area (Å²) in [5, 5.41) is 5.26. The highest BCUT2D eigenvalue weighted by Crippen LogP contribution is 2.27. The van der Waals surface area contributed by atoms with Crippen LogP contribution in [0.25, 0.3) is 0 Å². The van der Waals surface area contributed by atoms with Crippen LogP contribution in [-0.2, 0) is 14.8 Å². The third-order valence-electron chi connectivity index (χ3n) is 5.16. The molecule has 1 aliphatic heterocycles. The van der Waals surface area contributed by atoms with Crippen molar-refractivity contribution in [1.82, 2.24) is 4.31 Å². The van der Waals surface area contributed by atoms with Crippen molar-refractivity contribution in [2.24, 2.45) is 11.8 Å². The third kappa shape index (κ3) is 5.62. The summed E-state index contributed by atoms with van der Waals surface area (Å²) in [6.45, 7) is 5.14. The third-order valence-corrected chi connectivity index (χ3v) is 7.01. The molecule has 2 N–H and O–H groups in total. The molecule has 1 fully saturated rings. The highest BCUT2D eigenvalue weighted by molar-refractivity contribution is 7.89. The fourth-order valence-corrected chi connectivity index (χ4v) is 5.42. The SMILES string of the molecule is COC(=O)Nc1ccc(NC(=O)c2ccc(S(=O)(=O)N3CC(C)CC(C)C3)cc2)cc1. The number of hydrogen-bond acceptors (Lipinski definition) is 5. The van der Waals surface area contributed by atoms with Crippen molar-refractivity contribution in [2.45, 2.75) is 25.2 Å². The number of amides is 2. The zero-order valence-corrected chi connectivity index (χ0v) is 18.6. The van der Waals surface area contributed by atoms with Crippen LogP contribution in [0.1, 0.15) is 30.6 Å². The molecule has 3 rings (SSSR count). The van der Waals surface area contributed by atoms with E-state index < -0.39 is 16.1 Å². The van der Waals surface area contributed by atoms with E-state index in [2.05, 4.69) is 29.2 Å². The maximum absolute atomic E-state index is 13.0. The normalized spacial score (nSPS) is 19.5. The molecule has 0 saturated carbocycles. The number of ether oxygens (including phenoxy) is 1. The van der Waals surface area contributed by atoms with Crippen molar-refractivity contribution in [3.8, 4) is 0 Å². The largest absolute Gasteiger partial charge is 0.453 e. The Bertz CT molecular complexity index is 1030. The van der Waals surface area contributed by atoms with Gasteiger partial charge in [-0.25, -0.2) is 13.2 Å². The molecule has 8 nitrogen and oxygen atoms in total. The van der Waals surface area contributed by atoms with Crippen LogP contribution >= 0.6 is 0 Å². The fourth-order valence-electron chi connectivity index (χ4n) is 3.74. The van der Waals surface area contributed by atoms with Crippen LogP contribution in [0, 0.1) is 11.8 Å². The molecule has 0 aliphatic carbocycles. The Labute approximate surface area is 182 Å². The lowest BCUT2D eigenvalue weighted by Gasteiger charge is -2.34. The molecule has 31 heavy (non-hydrogen) atoms. The lowest BCUT2D eigenvalue weighted by molar-refractivity contribution is 0.102. The van der Waals surface area contributed by atoms with Crippen molar-refractivity contribution in [1.29, 1.82) is 0 Å². The molecule has 0 spiro atoms. The molecule has 1 heterocycles. The minimum absolute atomic E-state index is 0.184. The first-order valence-electron chi connectivity index (χ1n) is 10.1. The number of nitrogens with one attached hydrogen (secondary N) is 2. The minimum atomic E-state index is -3.59. The Morgan fingerprint density at radius 1 is 0.903 bits per heavy atom. The maximum Gasteiger partial charge on any atom is 0.411 e. The molecule has 0 radical (unpaired) electrons. The molecule has 2 amide bonds. The van der Waals surface area contributed by atoms with E-state index in [1.54, 1.807) is 24.3 Å². The number of sulfonamides is 1. The standard InChI is InChI=1S/C22H27N3O5S/c1-15-12-16(2)14-25(13-15)31(28,29)20-10-4-17(5-11-20)21(26)23-18-6-8-19(9-7-18)24-22(27)30-3/h4-11,15-16H,12-14H2,1-3H3,(H,23,26)(H,24,27). The van der Waals surface area contributed by atoms with Gasteiger partial charge in [-0.15, -0.1) is 0 Å². The fraction of sp³-hybridized carbons (Fsp3) is 0.364. The van der Waals surface area contributed by atoms with E-state index >= 15 is 0 Å². The summed E-state index contributed by atoms with van der Waals surface area (Å²) in [4.78, 5) is 23.9. The van der Waals surface area contributed by atoms with E-state index in [4.69, 9.17) is 0 Å². The maximum atomic E-state index is 13.0. The van der Waals surface area contributed by atoms with Gasteiger partial charge in [-0.1, -0.05) is 13.8 Å². The van der Waals surface area contributed by atoms with Crippen molar-refractivity contribution in [3.05, 3.63) is 54.1 Å². The molecule has 2 aromatic rings. The van der Waals surface area contributed by atoms with Crippen molar-refractivity contribution in [2.75, 3.05) is 30.8 Å². The average Bonchev–Trinajstić information content (AvgIpc) is 2.74. The molecular formula is C22H27N3O5S. The first-order valence-corrected chi connectivity index (χ1v) is 11.5. The van der Waals surface area contributed by atoms with E-state index in [1.807, 2.05) is 0 Å². The number of methoxy groups -OCH3 is 1. The van der Waals surface area contributed by atoms with Gasteiger partial charge >= 0.3 is 6.09 Å². The quantitative estimate of drug-likeness (QED) is 0.729. The van der Waals surface area contributed by atoms with Crippen molar-refractivity contribution < 1.29 is 22.7 Å². The van der Waals surface area contributed by atoms with Gasteiger partial charge in [-0.3, -0.25) is 10.1 Å². The van der Waals surface area contributed by atoms with Crippen molar-refractivity contribution >= 4 is 33.4 Å². The summed E-state index contributed by atoms with van der Waals surface area (Å²) in [6, 6.07) is 12.5. The molecule has 1 aliphatic rings. The minimum Gasteiger partial charge on any atom is -0.453 e. The summed E-state index contributed by atoms with van der Waals surface area (Å²) >= 11 is 0. The number of hydrogen-bond donors (Lipinski definition) is 2. The topological polar surface area (TPSA) is 105 Å². The Kier molecular flexibility index (Phi) is 6.97. The number of piperidine rings is 1. The molecule has 2 aromatic carbocycles. The lowest BCUT2D eigenvalue weighted by Crippen LogP contribution is -2.42. The van der Waals surface area contributed by atoms with Gasteiger partial charge in [-0.05, 0) is 66.8 Å². The van der Waals surface area contributed by atoms with Gasteiger partial charge in [0.05, 0.1) is 12.0 Å². The zero-order chi connectivity index (χ0) is 22.6. The summed E-state index contributed by atoms with van der Waals surface area (Å²) in [6.07, 6.45) is 0.436. The van der Waals surface area contributed by atoms with Gasteiger partial charge < -0.3 is 10.1 Å². The monoisotopic (exact) mass is 445 g/mol. The highest BCUT2D eigenvalue weighted by atomic mass is 32.2. The zero-order valence-electron chi connectivity index (χ0n) is 17.8. The van der Waals surface area contributed by atoms with Gasteiger partial charge in [0.2, 0.25) is 10.0 Å². The summed E-state index contributed by atoms with van der Waals surface area (Å²) in [5.74, 6) is 0.272. The van der Waals surface area contributed by atoms with Crippen LogP contribution in [0.4, 0.5) is 16.2 Å². The summed E-state index contributed by atoms with van der Waals surface area (Å²) in [7, 11) is -2.32. The molecule has 0 aromatic heterocycles. The second kappa shape index (κ2) is 9.49. The Hall–Kier alpha value is -2.91. The first kappa shape index (κ1) is 22.8. The number of carbonyl (C=O) groups is 2. The second-order valence-corrected chi connectivity index (χ2v) is 9.88. The van der Waals surface area contributed by atoms with Crippen LogP contribution in [0.3, 0.4) is 0 Å². The van der Waals surface area contributed by atoms with Crippen LogP contribution in [0.5, 0.6) is 0 Å². The molecule has 1 saturated heterocycles. The van der Waals surface area contributed by atoms with Gasteiger partial charge in [0.25, 0.3) is 5.91 Å². The molecular weight excluding hydrogens is 418 g/mol. The smallest absolute Gasteiger partial charge is 0.411 e. The van der Waals surface area contributed by atoms with E-state index in [1.165, 1.54) is 35.7 Å². The summed E-state index contributed by atoms with van der Waals surface area (Å²) in [5.41, 5.74) is 1.41. The number of anilines is 2. The van der Waals surface area contributed by atoms with Gasteiger partial charge in [0.15, 0.2) is 0 Å². The Morgan fingerprint density at radius 3 is 1.94 bits per heavy atom. The van der Waals surface area contributed by atoms with Crippen LogP contribution in [0.2, 0.25) is 0 Å². The molecule has 166 valence electrons. The van der Waals surface area contributed by atoms with E-state index in [-0.39, 0.29) is 10.8 Å². The molecule has 2 unspecified atom stereocenters. The lowest BCUT2D eigenvalue weighted by atomic mass is 9.94. The van der Waals surface area contributed by atoms with E-state index in [9.17, 15) is 18.0 Å². The molecule has 9 heteroatoms. The van der Waals surface area contributed by atoms with Gasteiger partial charge in [0.1, 0.15) is 0 Å². The first-order chi connectivity index (χ1) is 14.7. The van der Waals surface area contributed by atoms with Crippen molar-refractivity contribution in [3.63, 3.8) is 0 Å². The number of rotatable bonds is 5.